The lowest BCUT2D eigenvalue weighted by Crippen LogP contribution is -2.52. The second-order valence-corrected chi connectivity index (χ2v) is 10.8. The number of carbonyl (C=O) groups is 3. The van der Waals surface area contributed by atoms with E-state index in [0.717, 1.165) is 12.3 Å². The van der Waals surface area contributed by atoms with Crippen LogP contribution in [0.5, 0.6) is 0 Å². The molecule has 0 saturated carbocycles. The third-order valence-corrected chi connectivity index (χ3v) is 7.44. The molecule has 2 amide bonds. The van der Waals surface area contributed by atoms with Gasteiger partial charge in [-0.3, -0.25) is 9.59 Å². The molecule has 198 valence electrons. The molecule has 0 aliphatic carbocycles. The van der Waals surface area contributed by atoms with Crippen molar-refractivity contribution in [3.05, 3.63) is 95.3 Å². The minimum Gasteiger partial charge on any atom is -0.478 e. The van der Waals surface area contributed by atoms with Gasteiger partial charge in [0.25, 0.3) is 5.91 Å². The van der Waals surface area contributed by atoms with Crippen LogP contribution in [-0.2, 0) is 14.6 Å². The molecule has 11 heteroatoms. The van der Waals surface area contributed by atoms with E-state index in [1.807, 2.05) is 0 Å². The average Bonchev–Trinajstić information content (AvgIpc) is 2.91. The Bertz CT molecular complexity index is 1470. The predicted octanol–water partition coefficient (Wildman–Crippen LogP) is 2.75. The zero-order valence-corrected chi connectivity index (χ0v) is 21.3. The van der Waals surface area contributed by atoms with Gasteiger partial charge in [-0.05, 0) is 35.9 Å². The number of sulfone groups is 1. The first-order chi connectivity index (χ1) is 18.1. The predicted molar refractivity (Wildman–Crippen MR) is 138 cm³/mol. The summed E-state index contributed by atoms with van der Waals surface area (Å²) in [5.41, 5.74) is 0.639. The Hall–Kier alpha value is -4.25. The van der Waals surface area contributed by atoms with Gasteiger partial charge in [0.05, 0.1) is 21.7 Å². The number of carbonyl (C=O) groups excluding carboxylic acids is 2. The van der Waals surface area contributed by atoms with Crippen LogP contribution in [0, 0.1) is 5.82 Å². The van der Waals surface area contributed by atoms with E-state index in [1.165, 1.54) is 30.3 Å². The van der Waals surface area contributed by atoms with Crippen LogP contribution in [0.15, 0.2) is 77.7 Å². The van der Waals surface area contributed by atoms with Crippen LogP contribution < -0.4 is 10.2 Å². The van der Waals surface area contributed by atoms with E-state index in [0.29, 0.717) is 11.3 Å². The van der Waals surface area contributed by atoms with Crippen LogP contribution in [-0.4, -0.2) is 68.6 Å². The van der Waals surface area contributed by atoms with Crippen molar-refractivity contribution < 1.29 is 32.3 Å². The number of nitrogens with zero attached hydrogens (tertiary/aromatic N) is 2. The first kappa shape index (κ1) is 26.8. The molecule has 9 nitrogen and oxygen atoms in total. The van der Waals surface area contributed by atoms with Crippen molar-refractivity contribution in [2.75, 3.05) is 37.3 Å². The van der Waals surface area contributed by atoms with Gasteiger partial charge < -0.3 is 20.2 Å². The fourth-order valence-corrected chi connectivity index (χ4v) is 5.31. The van der Waals surface area contributed by atoms with Crippen molar-refractivity contribution in [1.29, 1.82) is 0 Å². The lowest BCUT2D eigenvalue weighted by molar-refractivity contribution is -0.133. The fourth-order valence-electron chi connectivity index (χ4n) is 4.41. The number of hydrogen-bond donors (Lipinski definition) is 2. The van der Waals surface area contributed by atoms with Crippen LogP contribution in [0.25, 0.3) is 0 Å². The zero-order valence-electron chi connectivity index (χ0n) is 20.5. The Morgan fingerprint density at radius 2 is 1.50 bits per heavy atom. The van der Waals surface area contributed by atoms with Crippen LogP contribution >= 0.6 is 0 Å². The van der Waals surface area contributed by atoms with E-state index in [-0.39, 0.29) is 48.1 Å². The van der Waals surface area contributed by atoms with Crippen molar-refractivity contribution in [1.82, 2.24) is 10.2 Å². The summed E-state index contributed by atoms with van der Waals surface area (Å²) in [6.07, 6.45) is 1.01. The smallest absolute Gasteiger partial charge is 0.336 e. The molecule has 0 aromatic heterocycles. The monoisotopic (exact) mass is 539 g/mol. The molecule has 2 N–H and O–H groups in total. The van der Waals surface area contributed by atoms with Crippen LogP contribution in [0.1, 0.15) is 32.3 Å². The third kappa shape index (κ3) is 5.83. The first-order valence-electron chi connectivity index (χ1n) is 11.8. The van der Waals surface area contributed by atoms with E-state index in [2.05, 4.69) is 5.32 Å². The van der Waals surface area contributed by atoms with Gasteiger partial charge in [0.2, 0.25) is 5.91 Å². The van der Waals surface area contributed by atoms with Crippen molar-refractivity contribution >= 4 is 33.3 Å². The number of carboxylic acid groups (broad SMARTS) is 1. The zero-order chi connectivity index (χ0) is 27.4. The molecule has 1 aliphatic heterocycles. The number of piperazine rings is 1. The molecule has 4 rings (SSSR count). The van der Waals surface area contributed by atoms with E-state index in [1.54, 1.807) is 46.2 Å². The second-order valence-electron chi connectivity index (χ2n) is 8.86. The molecule has 1 atom stereocenters. The van der Waals surface area contributed by atoms with E-state index in [9.17, 15) is 32.3 Å². The highest BCUT2D eigenvalue weighted by atomic mass is 32.2. The van der Waals surface area contributed by atoms with Crippen LogP contribution in [0.3, 0.4) is 0 Å². The van der Waals surface area contributed by atoms with Gasteiger partial charge in [-0.15, -0.1) is 0 Å². The molecule has 1 fully saturated rings. The van der Waals surface area contributed by atoms with E-state index < -0.39 is 33.6 Å². The summed E-state index contributed by atoms with van der Waals surface area (Å²) < 4.78 is 38.2. The minimum atomic E-state index is -3.69. The van der Waals surface area contributed by atoms with E-state index >= 15 is 0 Å². The topological polar surface area (TPSA) is 124 Å². The molecule has 0 spiro atoms. The average molecular weight is 540 g/mol. The van der Waals surface area contributed by atoms with Crippen LogP contribution in [0.2, 0.25) is 0 Å². The van der Waals surface area contributed by atoms with Crippen molar-refractivity contribution in [2.24, 2.45) is 0 Å². The molecule has 1 saturated heterocycles. The fraction of sp³-hybridized carbons (Fsp3) is 0.222. The Labute approximate surface area is 219 Å². The number of amides is 2. The Morgan fingerprint density at radius 1 is 0.895 bits per heavy atom. The molecule has 0 unspecified atom stereocenters. The van der Waals surface area contributed by atoms with Crippen molar-refractivity contribution in [3.8, 4) is 0 Å². The number of anilines is 1. The Kier molecular flexibility index (Phi) is 7.77. The number of halogens is 1. The maximum absolute atomic E-state index is 13.8. The molecule has 38 heavy (non-hydrogen) atoms. The van der Waals surface area contributed by atoms with Gasteiger partial charge in [0.15, 0.2) is 9.84 Å². The lowest BCUT2D eigenvalue weighted by Gasteiger charge is -2.38. The molecule has 0 radical (unpaired) electrons. The maximum atomic E-state index is 13.8. The van der Waals surface area contributed by atoms with Crippen molar-refractivity contribution in [2.45, 2.75) is 10.9 Å². The van der Waals surface area contributed by atoms with Gasteiger partial charge in [-0.2, -0.15) is 0 Å². The second kappa shape index (κ2) is 11.0. The SMILES string of the molecule is CS(=O)(=O)c1cc(F)ccc1N1CCN(C(=O)[C@H](NC(=O)c2ccccc2C(=O)O)c2ccccc2)CC1. The third-order valence-electron chi connectivity index (χ3n) is 6.31. The summed E-state index contributed by atoms with van der Waals surface area (Å²) in [4.78, 5) is 41.5. The standard InChI is InChI=1S/C27H26FN3O6S/c1-38(36,37)23-17-19(28)11-12-22(23)30-13-15-31(16-14-30)26(33)24(18-7-3-2-4-8-18)29-25(32)20-9-5-6-10-21(20)27(34)35/h2-12,17,24H,13-16H2,1H3,(H,29,32)(H,34,35)/t24-/m1/s1. The summed E-state index contributed by atoms with van der Waals surface area (Å²) in [6, 6.07) is 16.9. The number of carboxylic acids is 1. The summed E-state index contributed by atoms with van der Waals surface area (Å²) in [7, 11) is -3.69. The summed E-state index contributed by atoms with van der Waals surface area (Å²) >= 11 is 0. The number of rotatable bonds is 7. The number of aromatic carboxylic acids is 1. The van der Waals surface area contributed by atoms with Crippen molar-refractivity contribution in [3.63, 3.8) is 0 Å². The molecule has 3 aromatic rings. The summed E-state index contributed by atoms with van der Waals surface area (Å²) in [6.45, 7) is 1.03. The Morgan fingerprint density at radius 3 is 2.11 bits per heavy atom. The largest absolute Gasteiger partial charge is 0.478 e. The first-order valence-corrected chi connectivity index (χ1v) is 13.7. The highest BCUT2D eigenvalue weighted by Gasteiger charge is 2.32. The molecule has 1 heterocycles. The normalized spacial score (nSPS) is 14.6. The van der Waals surface area contributed by atoms with Gasteiger partial charge >= 0.3 is 5.97 Å². The van der Waals surface area contributed by atoms with Gasteiger partial charge in [-0.1, -0.05) is 42.5 Å². The molecule has 0 bridgehead atoms. The van der Waals surface area contributed by atoms with Gasteiger partial charge in [-0.25, -0.2) is 17.6 Å². The summed E-state index contributed by atoms with van der Waals surface area (Å²) in [5, 5.41) is 12.2. The lowest BCUT2D eigenvalue weighted by atomic mass is 10.0. The summed E-state index contributed by atoms with van der Waals surface area (Å²) in [5.74, 6) is -3.01. The number of hydrogen-bond acceptors (Lipinski definition) is 6. The number of nitrogens with one attached hydrogen (secondary N) is 1. The quantitative estimate of drug-likeness (QED) is 0.473. The molecular formula is C27H26FN3O6S. The molecular weight excluding hydrogens is 513 g/mol. The number of benzene rings is 3. The minimum absolute atomic E-state index is 0.0665. The molecule has 1 aliphatic rings. The van der Waals surface area contributed by atoms with Gasteiger partial charge in [0, 0.05) is 32.4 Å². The highest BCUT2D eigenvalue weighted by molar-refractivity contribution is 7.90. The molecule has 3 aromatic carbocycles. The maximum Gasteiger partial charge on any atom is 0.336 e. The highest BCUT2D eigenvalue weighted by Crippen LogP contribution is 2.28. The van der Waals surface area contributed by atoms with Gasteiger partial charge in [0.1, 0.15) is 11.9 Å². The van der Waals surface area contributed by atoms with Crippen LogP contribution in [0.4, 0.5) is 10.1 Å². The van der Waals surface area contributed by atoms with E-state index in [4.69, 9.17) is 0 Å². The Balaban J connectivity index is 1.55.